The van der Waals surface area contributed by atoms with Crippen molar-refractivity contribution in [3.05, 3.63) is 135 Å². The van der Waals surface area contributed by atoms with Gasteiger partial charge in [0.2, 0.25) is 17.4 Å². The van der Waals surface area contributed by atoms with Crippen molar-refractivity contribution in [3.63, 3.8) is 0 Å². The number of primary amides is 1. The number of phenols is 1. The maximum absolute atomic E-state index is 13.4. The molecule has 1 saturated heterocycles. The van der Waals surface area contributed by atoms with Crippen LogP contribution in [0.2, 0.25) is 5.02 Å². The molecule has 2 atom stereocenters. The molecule has 0 bridgehead atoms. The van der Waals surface area contributed by atoms with Crippen LogP contribution < -0.4 is 26.7 Å². The molecular weight excluding hydrogens is 682 g/mol. The summed E-state index contributed by atoms with van der Waals surface area (Å²) in [4.78, 5) is 43.1. The molecule has 4 aromatic carbocycles. The molecule has 0 saturated carbocycles. The number of carbonyl (C=O) groups excluding carboxylic acids is 2. The number of halogens is 1. The summed E-state index contributed by atoms with van der Waals surface area (Å²) in [6.45, 7) is 2.28. The third-order valence-electron chi connectivity index (χ3n) is 9.95. The fraction of sp³-hybridized carbons (Fsp3) is 0.275. The number of aromatic nitrogens is 1. The summed E-state index contributed by atoms with van der Waals surface area (Å²) in [6.07, 6.45) is 0.0203. The van der Waals surface area contributed by atoms with Crippen molar-refractivity contribution in [1.29, 1.82) is 0 Å². The van der Waals surface area contributed by atoms with E-state index in [1.807, 2.05) is 60.7 Å². The second-order valence-electron chi connectivity index (χ2n) is 13.1. The first-order chi connectivity index (χ1) is 25.1. The Balaban J connectivity index is 1.06. The van der Waals surface area contributed by atoms with Gasteiger partial charge in [-0.2, -0.15) is 0 Å². The van der Waals surface area contributed by atoms with Gasteiger partial charge < -0.3 is 41.2 Å². The van der Waals surface area contributed by atoms with Gasteiger partial charge in [0.1, 0.15) is 16.9 Å². The molecular formula is C40H42ClN5O6. The van der Waals surface area contributed by atoms with Crippen molar-refractivity contribution in [1.82, 2.24) is 15.2 Å². The number of amides is 2. The number of rotatable bonds is 14. The van der Waals surface area contributed by atoms with Crippen molar-refractivity contribution < 1.29 is 24.5 Å². The second-order valence-corrected chi connectivity index (χ2v) is 13.5. The highest BCUT2D eigenvalue weighted by Gasteiger charge is 2.49. The van der Waals surface area contributed by atoms with E-state index in [1.165, 1.54) is 19.2 Å². The number of benzene rings is 4. The summed E-state index contributed by atoms with van der Waals surface area (Å²) in [5, 5.41) is 28.1. The molecule has 1 aromatic heterocycles. The van der Waals surface area contributed by atoms with Crippen LogP contribution in [0.3, 0.4) is 0 Å². The molecule has 12 heteroatoms. The van der Waals surface area contributed by atoms with Gasteiger partial charge in [0.05, 0.1) is 29.4 Å². The lowest BCUT2D eigenvalue weighted by Crippen LogP contribution is -2.49. The van der Waals surface area contributed by atoms with E-state index in [4.69, 9.17) is 22.1 Å². The predicted octanol–water partition coefficient (Wildman–Crippen LogP) is 4.84. The van der Waals surface area contributed by atoms with Gasteiger partial charge in [-0.3, -0.25) is 14.4 Å². The Morgan fingerprint density at radius 1 is 1.04 bits per heavy atom. The molecule has 1 aliphatic heterocycles. The topological polar surface area (TPSA) is 170 Å². The van der Waals surface area contributed by atoms with E-state index >= 15 is 0 Å². The Morgan fingerprint density at radius 2 is 1.73 bits per heavy atom. The van der Waals surface area contributed by atoms with Crippen LogP contribution in [0, 0.1) is 5.92 Å². The normalized spacial score (nSPS) is 15.4. The van der Waals surface area contributed by atoms with Gasteiger partial charge in [-0.15, -0.1) is 0 Å². The van der Waals surface area contributed by atoms with Crippen LogP contribution in [-0.2, 0) is 21.5 Å². The number of H-pyrrole nitrogens is 1. The van der Waals surface area contributed by atoms with Crippen LogP contribution in [-0.4, -0.2) is 65.2 Å². The minimum absolute atomic E-state index is 0.0789. The Hall–Kier alpha value is -5.20. The number of aromatic amines is 1. The lowest BCUT2D eigenvalue weighted by Gasteiger charge is -2.37. The summed E-state index contributed by atoms with van der Waals surface area (Å²) in [5.74, 6) is -0.262. The summed E-state index contributed by atoms with van der Waals surface area (Å²) < 4.78 is 5.60. The van der Waals surface area contributed by atoms with E-state index in [-0.39, 0.29) is 41.6 Å². The van der Waals surface area contributed by atoms with Gasteiger partial charge >= 0.3 is 0 Å². The minimum atomic E-state index is -1.00. The van der Waals surface area contributed by atoms with Gasteiger partial charge in [0.25, 0.3) is 0 Å². The number of nitrogens with one attached hydrogen (secondary N) is 3. The molecule has 0 radical (unpaired) electrons. The van der Waals surface area contributed by atoms with Gasteiger partial charge in [-0.25, -0.2) is 0 Å². The number of carbonyl (C=O) groups is 2. The average molecular weight is 724 g/mol. The zero-order valence-electron chi connectivity index (χ0n) is 28.8. The maximum atomic E-state index is 13.4. The fourth-order valence-electron chi connectivity index (χ4n) is 7.41. The molecule has 2 heterocycles. The standard InChI is InChI=1S/C40H42ClN5O6/c1-52-35-21-32(31(41)20-25(35)22-43-23-34(48)29-12-14-33(47)38-30(29)13-15-36(49)45-38)44-37(50)17-19-46-18-16-28(24-46)40(39(42)51,26-8-4-2-5-9-26)27-10-6-3-7-11-27/h2-15,20-21,28,34,43,47-48H,16-19,22-24H2,1H3,(H2,42,51)(H,44,50)(H,45,49)/t28-,34-/m1/s1. The molecule has 5 aromatic rings. The first kappa shape index (κ1) is 36.6. The maximum Gasteiger partial charge on any atom is 0.248 e. The lowest BCUT2D eigenvalue weighted by molar-refractivity contribution is -0.124. The molecule has 2 amide bonds. The fourth-order valence-corrected chi connectivity index (χ4v) is 7.64. The first-order valence-corrected chi connectivity index (χ1v) is 17.5. The number of ether oxygens (including phenoxy) is 1. The Labute approximate surface area is 306 Å². The van der Waals surface area contributed by atoms with Gasteiger partial charge in [-0.1, -0.05) is 78.3 Å². The molecule has 0 spiro atoms. The van der Waals surface area contributed by atoms with Crippen LogP contribution >= 0.6 is 11.6 Å². The number of hydrogen-bond acceptors (Lipinski definition) is 8. The molecule has 0 aliphatic carbocycles. The van der Waals surface area contributed by atoms with Crippen molar-refractivity contribution in [2.75, 3.05) is 38.6 Å². The van der Waals surface area contributed by atoms with E-state index in [0.717, 1.165) is 29.7 Å². The van der Waals surface area contributed by atoms with Crippen LogP contribution in [0.15, 0.2) is 102 Å². The highest BCUT2D eigenvalue weighted by Crippen LogP contribution is 2.43. The van der Waals surface area contributed by atoms with Crippen molar-refractivity contribution >= 4 is 40.0 Å². The van der Waals surface area contributed by atoms with Crippen molar-refractivity contribution in [3.8, 4) is 11.5 Å². The number of pyridine rings is 1. The van der Waals surface area contributed by atoms with Crippen LogP contribution in [0.1, 0.15) is 41.2 Å². The Morgan fingerprint density at radius 3 is 2.38 bits per heavy atom. The SMILES string of the molecule is COc1cc(NC(=O)CCN2CC[C@@H](C(C(N)=O)(c3ccccc3)c3ccccc3)C2)c(Cl)cc1CNC[C@@H](O)c1ccc(O)c2[nH]c(=O)ccc12. The highest BCUT2D eigenvalue weighted by molar-refractivity contribution is 6.33. The summed E-state index contributed by atoms with van der Waals surface area (Å²) >= 11 is 6.62. The van der Waals surface area contributed by atoms with E-state index < -0.39 is 17.4 Å². The van der Waals surface area contributed by atoms with Gasteiger partial charge in [0, 0.05) is 55.7 Å². The number of aliphatic hydroxyl groups excluding tert-OH is 1. The number of phenolic OH excluding ortho intramolecular Hbond substituents is 1. The summed E-state index contributed by atoms with van der Waals surface area (Å²) in [6, 6.07) is 28.7. The lowest BCUT2D eigenvalue weighted by atomic mass is 9.64. The number of nitrogens with two attached hydrogens (primary N) is 1. The van der Waals surface area contributed by atoms with E-state index in [2.05, 4.69) is 20.5 Å². The Kier molecular flexibility index (Phi) is 11.3. The highest BCUT2D eigenvalue weighted by atomic mass is 35.5. The van der Waals surface area contributed by atoms with E-state index in [1.54, 1.807) is 24.3 Å². The van der Waals surface area contributed by atoms with Gasteiger partial charge in [-0.05, 0) is 53.8 Å². The molecule has 0 unspecified atom stereocenters. The number of methoxy groups -OCH3 is 1. The summed E-state index contributed by atoms with van der Waals surface area (Å²) in [5.41, 5.74) is 8.54. The number of aromatic hydroxyl groups is 1. The minimum Gasteiger partial charge on any atom is -0.506 e. The number of aliphatic hydroxyl groups is 1. The average Bonchev–Trinajstić information content (AvgIpc) is 3.62. The van der Waals surface area contributed by atoms with Crippen molar-refractivity contribution in [2.24, 2.45) is 11.7 Å². The quantitative estimate of drug-likeness (QED) is 0.0946. The smallest absolute Gasteiger partial charge is 0.248 e. The number of anilines is 1. The monoisotopic (exact) mass is 723 g/mol. The van der Waals surface area contributed by atoms with E-state index in [0.29, 0.717) is 47.0 Å². The molecule has 11 nitrogen and oxygen atoms in total. The number of fused-ring (bicyclic) bond motifs is 1. The molecule has 7 N–H and O–H groups in total. The van der Waals surface area contributed by atoms with Crippen LogP contribution in [0.5, 0.6) is 11.5 Å². The summed E-state index contributed by atoms with van der Waals surface area (Å²) in [7, 11) is 1.53. The molecule has 270 valence electrons. The molecule has 1 fully saturated rings. The first-order valence-electron chi connectivity index (χ1n) is 17.1. The zero-order chi connectivity index (χ0) is 36.8. The van der Waals surface area contributed by atoms with Gasteiger partial charge in [0.15, 0.2) is 0 Å². The molecule has 1 aliphatic rings. The zero-order valence-corrected chi connectivity index (χ0v) is 29.5. The second kappa shape index (κ2) is 16.0. The molecule has 52 heavy (non-hydrogen) atoms. The predicted molar refractivity (Wildman–Crippen MR) is 202 cm³/mol. The van der Waals surface area contributed by atoms with Crippen molar-refractivity contribution in [2.45, 2.75) is 30.9 Å². The Bertz CT molecular complexity index is 2070. The molecule has 6 rings (SSSR count). The number of nitrogens with zero attached hydrogens (tertiary/aromatic N) is 1. The van der Waals surface area contributed by atoms with E-state index in [9.17, 15) is 24.6 Å². The number of likely N-dealkylation sites (tertiary alicyclic amines) is 1. The van der Waals surface area contributed by atoms with Crippen LogP contribution in [0.4, 0.5) is 5.69 Å². The largest absolute Gasteiger partial charge is 0.506 e. The third-order valence-corrected chi connectivity index (χ3v) is 10.3. The number of hydrogen-bond donors (Lipinski definition) is 6. The van der Waals surface area contributed by atoms with Crippen LogP contribution in [0.25, 0.3) is 10.9 Å². The third kappa shape index (κ3) is 7.54.